The first kappa shape index (κ1) is 11.5. The molecule has 0 aliphatic carbocycles. The van der Waals surface area contributed by atoms with Gasteiger partial charge >= 0.3 is 0 Å². The predicted octanol–water partition coefficient (Wildman–Crippen LogP) is 2.39. The second-order valence-electron chi connectivity index (χ2n) is 3.42. The zero-order valence-electron chi connectivity index (χ0n) is 8.78. The van der Waals surface area contributed by atoms with Crippen LogP contribution in [0.4, 0.5) is 0 Å². The number of ketones is 1. The number of carbonyl (C=O) groups excluding carboxylic acids is 1. The number of Topliss-reactive ketones (excluding diaryl/α,β-unsaturated/α-hetero) is 1. The van der Waals surface area contributed by atoms with Gasteiger partial charge in [0.1, 0.15) is 5.78 Å². The maximum atomic E-state index is 11.4. The van der Waals surface area contributed by atoms with E-state index in [-0.39, 0.29) is 5.78 Å². The number of unbranched alkanes of at least 4 members (excludes halogenated alkanes) is 1. The molecule has 0 amide bonds. The zero-order chi connectivity index (χ0) is 10.9. The molecule has 2 heteroatoms. The van der Waals surface area contributed by atoms with Crippen LogP contribution in [0.15, 0.2) is 24.4 Å². The summed E-state index contributed by atoms with van der Waals surface area (Å²) in [7, 11) is 0. The molecule has 0 N–H and O–H groups in total. The van der Waals surface area contributed by atoms with E-state index in [0.717, 1.165) is 18.5 Å². The molecule has 0 aliphatic rings. The van der Waals surface area contributed by atoms with Gasteiger partial charge in [-0.15, -0.1) is 12.3 Å². The van der Waals surface area contributed by atoms with Crippen molar-refractivity contribution >= 4 is 5.78 Å². The Balaban J connectivity index is 2.20. The summed E-state index contributed by atoms with van der Waals surface area (Å²) in [5, 5.41) is 0. The van der Waals surface area contributed by atoms with Crippen molar-refractivity contribution in [1.82, 2.24) is 4.98 Å². The van der Waals surface area contributed by atoms with Gasteiger partial charge in [0.2, 0.25) is 0 Å². The van der Waals surface area contributed by atoms with Gasteiger partial charge in [-0.1, -0.05) is 6.07 Å². The van der Waals surface area contributed by atoms with Gasteiger partial charge in [-0.3, -0.25) is 9.78 Å². The Bertz CT molecular complexity index is 337. The molecule has 0 aromatic carbocycles. The number of nitrogens with zero attached hydrogens (tertiary/aromatic N) is 1. The molecule has 15 heavy (non-hydrogen) atoms. The molecule has 0 radical (unpaired) electrons. The average Bonchev–Trinajstić information content (AvgIpc) is 2.28. The Morgan fingerprint density at radius 3 is 2.93 bits per heavy atom. The average molecular weight is 201 g/mol. The van der Waals surface area contributed by atoms with Crippen molar-refractivity contribution < 1.29 is 4.79 Å². The second kappa shape index (κ2) is 6.78. The Kier molecular flexibility index (Phi) is 5.18. The van der Waals surface area contributed by atoms with Crippen molar-refractivity contribution in [3.63, 3.8) is 0 Å². The van der Waals surface area contributed by atoms with E-state index in [4.69, 9.17) is 6.42 Å². The van der Waals surface area contributed by atoms with Gasteiger partial charge in [0.05, 0.1) is 0 Å². The van der Waals surface area contributed by atoms with Crippen LogP contribution in [0.1, 0.15) is 31.4 Å². The van der Waals surface area contributed by atoms with Gasteiger partial charge in [0.25, 0.3) is 0 Å². The SMILES string of the molecule is C#CCCCC(=O)CCc1ccccn1. The lowest BCUT2D eigenvalue weighted by Gasteiger charge is -1.99. The first-order valence-corrected chi connectivity index (χ1v) is 5.18. The lowest BCUT2D eigenvalue weighted by atomic mass is 10.1. The third kappa shape index (κ3) is 4.97. The minimum atomic E-state index is 0.274. The molecule has 1 rings (SSSR count). The van der Waals surface area contributed by atoms with Crippen molar-refractivity contribution in [2.24, 2.45) is 0 Å². The number of rotatable bonds is 6. The highest BCUT2D eigenvalue weighted by atomic mass is 16.1. The van der Waals surface area contributed by atoms with Crippen molar-refractivity contribution in [2.45, 2.75) is 32.1 Å². The number of aryl methyl sites for hydroxylation is 1. The zero-order valence-corrected chi connectivity index (χ0v) is 8.78. The second-order valence-corrected chi connectivity index (χ2v) is 3.42. The summed E-state index contributed by atoms with van der Waals surface area (Å²) in [6, 6.07) is 5.75. The highest BCUT2D eigenvalue weighted by Gasteiger charge is 2.02. The smallest absolute Gasteiger partial charge is 0.133 e. The first-order valence-electron chi connectivity index (χ1n) is 5.18. The van der Waals surface area contributed by atoms with E-state index in [1.807, 2.05) is 18.2 Å². The van der Waals surface area contributed by atoms with E-state index in [1.54, 1.807) is 6.20 Å². The molecule has 0 aliphatic heterocycles. The highest BCUT2D eigenvalue weighted by molar-refractivity contribution is 5.78. The van der Waals surface area contributed by atoms with E-state index in [0.29, 0.717) is 19.3 Å². The Morgan fingerprint density at radius 1 is 1.40 bits per heavy atom. The molecule has 78 valence electrons. The van der Waals surface area contributed by atoms with Crippen LogP contribution in [-0.2, 0) is 11.2 Å². The van der Waals surface area contributed by atoms with Crippen LogP contribution in [0.2, 0.25) is 0 Å². The molecule has 0 saturated heterocycles. The largest absolute Gasteiger partial charge is 0.300 e. The molecule has 1 aromatic heterocycles. The lowest BCUT2D eigenvalue weighted by molar-refractivity contribution is -0.119. The van der Waals surface area contributed by atoms with E-state index in [9.17, 15) is 4.79 Å². The van der Waals surface area contributed by atoms with Gasteiger partial charge in [0.15, 0.2) is 0 Å². The van der Waals surface area contributed by atoms with Crippen LogP contribution >= 0.6 is 0 Å². The summed E-state index contributed by atoms with van der Waals surface area (Å²) in [6.07, 6.45) is 10.2. The van der Waals surface area contributed by atoms with Crippen LogP contribution in [0, 0.1) is 12.3 Å². The van der Waals surface area contributed by atoms with E-state index < -0.39 is 0 Å². The normalized spacial score (nSPS) is 9.53. The number of carbonyl (C=O) groups is 1. The molecule has 0 unspecified atom stereocenters. The number of terminal acetylenes is 1. The molecule has 0 atom stereocenters. The number of aromatic nitrogens is 1. The summed E-state index contributed by atoms with van der Waals surface area (Å²) in [5.41, 5.74) is 0.975. The van der Waals surface area contributed by atoms with Gasteiger partial charge in [-0.25, -0.2) is 0 Å². The molecular formula is C13H15NO. The van der Waals surface area contributed by atoms with Crippen molar-refractivity contribution in [1.29, 1.82) is 0 Å². The number of hydrogen-bond donors (Lipinski definition) is 0. The summed E-state index contributed by atoms with van der Waals surface area (Å²) in [4.78, 5) is 15.6. The third-order valence-electron chi connectivity index (χ3n) is 2.16. The molecular weight excluding hydrogens is 186 g/mol. The number of hydrogen-bond acceptors (Lipinski definition) is 2. The standard InChI is InChI=1S/C13H15NO/c1-2-3-4-8-13(15)10-9-12-7-5-6-11-14-12/h1,5-7,11H,3-4,8-10H2. The molecule has 2 nitrogen and oxygen atoms in total. The van der Waals surface area contributed by atoms with Crippen molar-refractivity contribution in [2.75, 3.05) is 0 Å². The summed E-state index contributed by atoms with van der Waals surface area (Å²) in [6.45, 7) is 0. The fourth-order valence-electron chi connectivity index (χ4n) is 1.33. The van der Waals surface area contributed by atoms with E-state index in [1.165, 1.54) is 0 Å². The summed E-state index contributed by atoms with van der Waals surface area (Å²) in [5.74, 6) is 2.81. The van der Waals surface area contributed by atoms with Gasteiger partial charge in [-0.05, 0) is 25.0 Å². The minimum Gasteiger partial charge on any atom is -0.300 e. The molecule has 0 saturated carbocycles. The predicted molar refractivity (Wildman–Crippen MR) is 60.2 cm³/mol. The lowest BCUT2D eigenvalue weighted by Crippen LogP contribution is -2.00. The van der Waals surface area contributed by atoms with Crippen LogP contribution in [0.3, 0.4) is 0 Å². The van der Waals surface area contributed by atoms with Crippen LogP contribution in [0.25, 0.3) is 0 Å². The molecule has 0 bridgehead atoms. The van der Waals surface area contributed by atoms with Crippen LogP contribution in [-0.4, -0.2) is 10.8 Å². The van der Waals surface area contributed by atoms with E-state index in [2.05, 4.69) is 10.9 Å². The fraction of sp³-hybridized carbons (Fsp3) is 0.385. The molecule has 0 spiro atoms. The Hall–Kier alpha value is -1.62. The highest BCUT2D eigenvalue weighted by Crippen LogP contribution is 2.03. The maximum absolute atomic E-state index is 11.4. The molecule has 0 fully saturated rings. The summed E-state index contributed by atoms with van der Waals surface area (Å²) < 4.78 is 0. The Morgan fingerprint density at radius 2 is 2.27 bits per heavy atom. The maximum Gasteiger partial charge on any atom is 0.133 e. The molecule has 1 heterocycles. The summed E-state index contributed by atoms with van der Waals surface area (Å²) >= 11 is 0. The Labute approximate surface area is 90.7 Å². The minimum absolute atomic E-state index is 0.274. The quantitative estimate of drug-likeness (QED) is 0.522. The van der Waals surface area contributed by atoms with Gasteiger partial charge in [-0.2, -0.15) is 0 Å². The molecule has 1 aromatic rings. The monoisotopic (exact) mass is 201 g/mol. The van der Waals surface area contributed by atoms with E-state index >= 15 is 0 Å². The van der Waals surface area contributed by atoms with Crippen molar-refractivity contribution in [3.05, 3.63) is 30.1 Å². The number of pyridine rings is 1. The fourth-order valence-corrected chi connectivity index (χ4v) is 1.33. The van der Waals surface area contributed by atoms with Crippen LogP contribution in [0.5, 0.6) is 0 Å². The van der Waals surface area contributed by atoms with Gasteiger partial charge in [0, 0.05) is 31.2 Å². The van der Waals surface area contributed by atoms with Crippen molar-refractivity contribution in [3.8, 4) is 12.3 Å². The first-order chi connectivity index (χ1) is 7.33. The topological polar surface area (TPSA) is 30.0 Å². The third-order valence-corrected chi connectivity index (χ3v) is 2.16. The van der Waals surface area contributed by atoms with Crippen LogP contribution < -0.4 is 0 Å². The van der Waals surface area contributed by atoms with Gasteiger partial charge < -0.3 is 0 Å².